The molecule has 0 amide bonds. The number of fused-ring (bicyclic) bond motifs is 2. The van der Waals surface area contributed by atoms with Crippen molar-refractivity contribution in [3.8, 4) is 0 Å². The summed E-state index contributed by atoms with van der Waals surface area (Å²) in [6.07, 6.45) is 11.3. The second kappa shape index (κ2) is 4.96. The number of nitrogens with zero attached hydrogens (tertiary/aromatic N) is 1. The van der Waals surface area contributed by atoms with Crippen molar-refractivity contribution in [2.75, 3.05) is 20.1 Å². The van der Waals surface area contributed by atoms with Gasteiger partial charge in [0.2, 0.25) is 0 Å². The van der Waals surface area contributed by atoms with E-state index in [0.29, 0.717) is 0 Å². The van der Waals surface area contributed by atoms with E-state index in [-0.39, 0.29) is 5.54 Å². The van der Waals surface area contributed by atoms with Crippen molar-refractivity contribution in [1.29, 1.82) is 0 Å². The fourth-order valence-electron chi connectivity index (χ4n) is 5.05. The number of rotatable bonds is 6. The minimum atomic E-state index is 0.250. The van der Waals surface area contributed by atoms with Crippen LogP contribution >= 0.6 is 0 Å². The zero-order valence-electron chi connectivity index (χ0n) is 13.0. The van der Waals surface area contributed by atoms with Crippen LogP contribution in [-0.4, -0.2) is 42.7 Å². The third-order valence-electron chi connectivity index (χ3n) is 6.80. The maximum atomic E-state index is 6.22. The lowest BCUT2D eigenvalue weighted by atomic mass is 9.82. The molecule has 2 saturated carbocycles. The third-order valence-corrected chi connectivity index (χ3v) is 6.80. The van der Waals surface area contributed by atoms with E-state index in [9.17, 15) is 0 Å². The van der Waals surface area contributed by atoms with Gasteiger partial charge < -0.3 is 16.0 Å². The standard InChI is InChI=1S/C17H31N3/c1-20-14-6-7-15(20)9-17(8-14,11-18)19-10-16(12-2-3-12)13-4-5-13/h12-16,19H,2-11,18H2,1H3. The smallest absolute Gasteiger partial charge is 0.0333 e. The summed E-state index contributed by atoms with van der Waals surface area (Å²) < 4.78 is 0. The Bertz CT molecular complexity index is 335. The highest BCUT2D eigenvalue weighted by Gasteiger charge is 2.47. The van der Waals surface area contributed by atoms with Gasteiger partial charge in [0.05, 0.1) is 0 Å². The van der Waals surface area contributed by atoms with Gasteiger partial charge >= 0.3 is 0 Å². The van der Waals surface area contributed by atoms with Gasteiger partial charge in [-0.3, -0.25) is 0 Å². The van der Waals surface area contributed by atoms with Crippen LogP contribution in [0.5, 0.6) is 0 Å². The minimum Gasteiger partial charge on any atom is -0.329 e. The second-order valence-electron chi connectivity index (χ2n) is 8.16. The van der Waals surface area contributed by atoms with Crippen LogP contribution in [0, 0.1) is 17.8 Å². The Balaban J connectivity index is 1.40. The highest BCUT2D eigenvalue weighted by atomic mass is 15.2. The van der Waals surface area contributed by atoms with Gasteiger partial charge in [-0.15, -0.1) is 0 Å². The van der Waals surface area contributed by atoms with E-state index in [2.05, 4.69) is 17.3 Å². The fraction of sp³-hybridized carbons (Fsp3) is 1.00. The Morgan fingerprint density at radius 3 is 2.05 bits per heavy atom. The van der Waals surface area contributed by atoms with Crippen LogP contribution in [0.4, 0.5) is 0 Å². The molecule has 3 heteroatoms. The van der Waals surface area contributed by atoms with E-state index in [1.54, 1.807) is 0 Å². The molecule has 2 aliphatic heterocycles. The van der Waals surface area contributed by atoms with Gasteiger partial charge in [-0.1, -0.05) is 0 Å². The molecule has 114 valence electrons. The van der Waals surface area contributed by atoms with Gasteiger partial charge in [-0.05, 0) is 82.7 Å². The van der Waals surface area contributed by atoms with Crippen molar-refractivity contribution in [1.82, 2.24) is 10.2 Å². The summed E-state index contributed by atoms with van der Waals surface area (Å²) in [5.41, 5.74) is 6.47. The van der Waals surface area contributed by atoms with Crippen LogP contribution in [0.25, 0.3) is 0 Å². The third kappa shape index (κ3) is 2.42. The van der Waals surface area contributed by atoms with Crippen molar-refractivity contribution in [2.45, 2.75) is 69.0 Å². The topological polar surface area (TPSA) is 41.3 Å². The van der Waals surface area contributed by atoms with Crippen molar-refractivity contribution in [3.05, 3.63) is 0 Å². The SMILES string of the molecule is CN1C2CCC1CC(CN)(NCC(C1CC1)C1CC1)C2. The van der Waals surface area contributed by atoms with Crippen LogP contribution in [0.3, 0.4) is 0 Å². The average Bonchev–Trinajstić information content (AvgIpc) is 3.34. The average molecular weight is 277 g/mol. The lowest BCUT2D eigenvalue weighted by Crippen LogP contribution is -2.61. The molecule has 2 aliphatic carbocycles. The molecule has 20 heavy (non-hydrogen) atoms. The maximum absolute atomic E-state index is 6.22. The first-order valence-electron chi connectivity index (χ1n) is 8.88. The van der Waals surface area contributed by atoms with Crippen LogP contribution in [0.2, 0.25) is 0 Å². The Morgan fingerprint density at radius 1 is 1.05 bits per heavy atom. The zero-order valence-corrected chi connectivity index (χ0v) is 13.0. The highest BCUT2D eigenvalue weighted by molar-refractivity contribution is 5.06. The molecule has 0 aromatic heterocycles. The van der Waals surface area contributed by atoms with Gasteiger partial charge in [0.1, 0.15) is 0 Å². The molecule has 2 bridgehead atoms. The Morgan fingerprint density at radius 2 is 1.60 bits per heavy atom. The molecule has 2 saturated heterocycles. The first-order valence-corrected chi connectivity index (χ1v) is 8.88. The summed E-state index contributed by atoms with van der Waals surface area (Å²) in [5.74, 6) is 3.07. The van der Waals surface area contributed by atoms with E-state index < -0.39 is 0 Å². The van der Waals surface area contributed by atoms with Crippen molar-refractivity contribution in [2.24, 2.45) is 23.5 Å². The Kier molecular flexibility index (Phi) is 3.36. The first-order chi connectivity index (χ1) is 9.71. The lowest BCUT2D eigenvalue weighted by Gasteiger charge is -2.46. The largest absolute Gasteiger partial charge is 0.329 e. The second-order valence-corrected chi connectivity index (χ2v) is 8.16. The normalized spacial score (nSPS) is 41.5. The first kappa shape index (κ1) is 13.5. The van der Waals surface area contributed by atoms with E-state index >= 15 is 0 Å². The number of piperidine rings is 1. The van der Waals surface area contributed by atoms with Crippen LogP contribution in [0.1, 0.15) is 51.4 Å². The Labute approximate surface area is 123 Å². The summed E-state index contributed by atoms with van der Waals surface area (Å²) >= 11 is 0. The molecular weight excluding hydrogens is 246 g/mol. The van der Waals surface area contributed by atoms with E-state index in [1.165, 1.54) is 57.9 Å². The van der Waals surface area contributed by atoms with Gasteiger partial charge in [-0.25, -0.2) is 0 Å². The molecule has 0 aromatic carbocycles. The molecule has 2 unspecified atom stereocenters. The highest BCUT2D eigenvalue weighted by Crippen LogP contribution is 2.49. The summed E-state index contributed by atoms with van der Waals surface area (Å²) in [5, 5.41) is 4.00. The molecule has 4 fully saturated rings. The fourth-order valence-corrected chi connectivity index (χ4v) is 5.05. The molecule has 0 aromatic rings. The summed E-state index contributed by atoms with van der Waals surface area (Å²) in [7, 11) is 2.32. The molecule has 4 aliphatic rings. The van der Waals surface area contributed by atoms with Crippen molar-refractivity contribution < 1.29 is 0 Å². The van der Waals surface area contributed by atoms with Gasteiger partial charge in [0.15, 0.2) is 0 Å². The summed E-state index contributed by atoms with van der Waals surface area (Å²) in [6.45, 7) is 2.07. The predicted octanol–water partition coefficient (Wildman–Crippen LogP) is 1.97. The number of hydrogen-bond donors (Lipinski definition) is 2. The van der Waals surface area contributed by atoms with Gasteiger partial charge in [0, 0.05) is 24.2 Å². The molecule has 2 heterocycles. The Hall–Kier alpha value is -0.120. The quantitative estimate of drug-likeness (QED) is 0.780. The molecule has 0 spiro atoms. The summed E-state index contributed by atoms with van der Waals surface area (Å²) in [6, 6.07) is 1.56. The van der Waals surface area contributed by atoms with Crippen molar-refractivity contribution in [3.63, 3.8) is 0 Å². The number of nitrogens with two attached hydrogens (primary N) is 1. The monoisotopic (exact) mass is 277 g/mol. The molecule has 2 atom stereocenters. The lowest BCUT2D eigenvalue weighted by molar-refractivity contribution is 0.0896. The molecular formula is C17H31N3. The minimum absolute atomic E-state index is 0.250. The van der Waals surface area contributed by atoms with Gasteiger partial charge in [0.25, 0.3) is 0 Å². The van der Waals surface area contributed by atoms with Gasteiger partial charge in [-0.2, -0.15) is 0 Å². The molecule has 0 radical (unpaired) electrons. The summed E-state index contributed by atoms with van der Waals surface area (Å²) in [4.78, 5) is 2.62. The zero-order chi connectivity index (χ0) is 13.7. The maximum Gasteiger partial charge on any atom is 0.0333 e. The van der Waals surface area contributed by atoms with Crippen LogP contribution in [-0.2, 0) is 0 Å². The van der Waals surface area contributed by atoms with Crippen LogP contribution in [0.15, 0.2) is 0 Å². The van der Waals surface area contributed by atoms with Crippen molar-refractivity contribution >= 4 is 0 Å². The number of hydrogen-bond acceptors (Lipinski definition) is 3. The molecule has 4 rings (SSSR count). The predicted molar refractivity (Wildman–Crippen MR) is 82.5 cm³/mol. The number of nitrogens with one attached hydrogen (secondary N) is 1. The van der Waals surface area contributed by atoms with E-state index in [4.69, 9.17) is 5.73 Å². The van der Waals surface area contributed by atoms with Crippen LogP contribution < -0.4 is 11.1 Å². The van der Waals surface area contributed by atoms with E-state index in [1.807, 2.05) is 0 Å². The molecule has 3 nitrogen and oxygen atoms in total. The molecule has 3 N–H and O–H groups in total. The van der Waals surface area contributed by atoms with E-state index in [0.717, 1.165) is 36.4 Å².